The Bertz CT molecular complexity index is 745. The Kier molecular flexibility index (Phi) is 3.72. The smallest absolute Gasteiger partial charge is 0.196 e. The first-order valence-corrected chi connectivity index (χ1v) is 6.37. The lowest BCUT2D eigenvalue weighted by Crippen LogP contribution is -2.03. The largest absolute Gasteiger partial charge is 0.507 e. The summed E-state index contributed by atoms with van der Waals surface area (Å²) < 4.78 is 0. The maximum Gasteiger partial charge on any atom is 0.196 e. The van der Waals surface area contributed by atoms with Crippen LogP contribution in [0.1, 0.15) is 27.0 Å². The number of benzene rings is 2. The maximum atomic E-state index is 12.4. The average Bonchev–Trinajstić information content (AvgIpc) is 2.44. The summed E-state index contributed by atoms with van der Waals surface area (Å²) in [7, 11) is 0. The zero-order valence-corrected chi connectivity index (χ0v) is 11.8. The number of ketones is 1. The third kappa shape index (κ3) is 2.74. The van der Waals surface area contributed by atoms with Crippen molar-refractivity contribution in [2.45, 2.75) is 13.8 Å². The van der Waals surface area contributed by atoms with Gasteiger partial charge in [-0.15, -0.1) is 0 Å². The molecule has 0 aliphatic rings. The monoisotopic (exact) mass is 284 g/mol. The van der Waals surface area contributed by atoms with E-state index >= 15 is 0 Å². The number of aryl methyl sites for hydroxylation is 2. The summed E-state index contributed by atoms with van der Waals surface area (Å²) in [5.74, 6) is -1.13. The highest BCUT2D eigenvalue weighted by Gasteiger charge is 2.18. The first-order chi connectivity index (χ1) is 9.81. The number of hydrogen-bond donors (Lipinski definition) is 3. The summed E-state index contributed by atoms with van der Waals surface area (Å²) in [6, 6.07) is 7.16. The molecule has 4 nitrogen and oxygen atoms in total. The van der Waals surface area contributed by atoms with Gasteiger partial charge in [-0.1, -0.05) is 12.6 Å². The molecule has 0 spiro atoms. The maximum absolute atomic E-state index is 12.4. The van der Waals surface area contributed by atoms with Gasteiger partial charge in [0.05, 0.1) is 5.56 Å². The van der Waals surface area contributed by atoms with Crippen molar-refractivity contribution in [1.82, 2.24) is 0 Å². The van der Waals surface area contributed by atoms with Gasteiger partial charge in [0, 0.05) is 5.57 Å². The molecule has 0 fully saturated rings. The summed E-state index contributed by atoms with van der Waals surface area (Å²) in [5, 5.41) is 28.7. The third-order valence-electron chi connectivity index (χ3n) is 3.45. The fourth-order valence-electron chi connectivity index (χ4n) is 1.99. The van der Waals surface area contributed by atoms with Crippen molar-refractivity contribution < 1.29 is 20.1 Å². The minimum absolute atomic E-state index is 0.104. The Hall–Kier alpha value is -2.75. The highest BCUT2D eigenvalue weighted by molar-refractivity contribution is 6.29. The molecule has 0 atom stereocenters. The topological polar surface area (TPSA) is 77.8 Å². The summed E-state index contributed by atoms with van der Waals surface area (Å²) in [4.78, 5) is 12.4. The molecular formula is C17H16O4. The predicted molar refractivity (Wildman–Crippen MR) is 80.7 cm³/mol. The van der Waals surface area contributed by atoms with Crippen LogP contribution in [-0.2, 0) is 0 Å². The molecule has 0 saturated heterocycles. The van der Waals surface area contributed by atoms with Gasteiger partial charge in [-0.25, -0.2) is 0 Å². The zero-order chi connectivity index (χ0) is 15.7. The van der Waals surface area contributed by atoms with Crippen molar-refractivity contribution in [3.8, 4) is 17.2 Å². The van der Waals surface area contributed by atoms with E-state index in [1.165, 1.54) is 24.3 Å². The molecule has 2 aromatic carbocycles. The van der Waals surface area contributed by atoms with E-state index < -0.39 is 5.78 Å². The van der Waals surface area contributed by atoms with Crippen molar-refractivity contribution in [3.05, 3.63) is 59.2 Å². The van der Waals surface area contributed by atoms with Crippen molar-refractivity contribution in [2.24, 2.45) is 0 Å². The normalized spacial score (nSPS) is 10.4. The molecule has 0 bridgehead atoms. The Morgan fingerprint density at radius 3 is 2.14 bits per heavy atom. The lowest BCUT2D eigenvalue weighted by atomic mass is 9.95. The fourth-order valence-corrected chi connectivity index (χ4v) is 1.99. The summed E-state index contributed by atoms with van der Waals surface area (Å²) in [6.07, 6.45) is 0. The first-order valence-electron chi connectivity index (χ1n) is 6.37. The average molecular weight is 284 g/mol. The number of rotatable bonds is 3. The summed E-state index contributed by atoms with van der Waals surface area (Å²) >= 11 is 0. The van der Waals surface area contributed by atoms with Crippen LogP contribution in [0.25, 0.3) is 5.57 Å². The van der Waals surface area contributed by atoms with Crippen LogP contribution >= 0.6 is 0 Å². The first kappa shape index (κ1) is 14.7. The quantitative estimate of drug-likeness (QED) is 0.459. The third-order valence-corrected chi connectivity index (χ3v) is 3.45. The number of phenolic OH excluding ortho intramolecular Hbond substituents is 3. The van der Waals surface area contributed by atoms with E-state index in [4.69, 9.17) is 0 Å². The van der Waals surface area contributed by atoms with Gasteiger partial charge in [0.1, 0.15) is 5.75 Å². The van der Waals surface area contributed by atoms with Crippen molar-refractivity contribution in [2.75, 3.05) is 0 Å². The van der Waals surface area contributed by atoms with Gasteiger partial charge < -0.3 is 15.3 Å². The van der Waals surface area contributed by atoms with Gasteiger partial charge in [0.25, 0.3) is 0 Å². The molecule has 3 N–H and O–H groups in total. The van der Waals surface area contributed by atoms with Crippen LogP contribution < -0.4 is 0 Å². The molecule has 0 aliphatic carbocycles. The molecule has 0 unspecified atom stereocenters. The molecule has 0 radical (unpaired) electrons. The number of carbonyl (C=O) groups is 1. The van der Waals surface area contributed by atoms with Crippen LogP contribution in [0.2, 0.25) is 0 Å². The second-order valence-electron chi connectivity index (χ2n) is 4.96. The lowest BCUT2D eigenvalue weighted by molar-refractivity contribution is 0.105. The molecule has 108 valence electrons. The van der Waals surface area contributed by atoms with Crippen molar-refractivity contribution >= 4 is 11.4 Å². The van der Waals surface area contributed by atoms with Gasteiger partial charge in [-0.2, -0.15) is 0 Å². The van der Waals surface area contributed by atoms with Crippen LogP contribution in [0, 0.1) is 13.8 Å². The second-order valence-corrected chi connectivity index (χ2v) is 4.96. The van der Waals surface area contributed by atoms with Gasteiger partial charge in [0.15, 0.2) is 17.3 Å². The standard InChI is InChI=1S/C17H16O4/c1-9-6-13(15(19)7-10(9)2)17(21)11(3)12-4-5-14(18)16(20)8-12/h4-8,18-20H,3H2,1-2H3. The van der Waals surface area contributed by atoms with E-state index in [0.717, 1.165) is 11.1 Å². The van der Waals surface area contributed by atoms with Crippen LogP contribution in [0.15, 0.2) is 36.9 Å². The molecule has 4 heteroatoms. The summed E-state index contributed by atoms with van der Waals surface area (Å²) in [6.45, 7) is 7.40. The molecule has 0 amide bonds. The van der Waals surface area contributed by atoms with E-state index in [2.05, 4.69) is 6.58 Å². The van der Waals surface area contributed by atoms with Gasteiger partial charge in [-0.3, -0.25) is 4.79 Å². The van der Waals surface area contributed by atoms with Crippen molar-refractivity contribution in [3.63, 3.8) is 0 Å². The molecular weight excluding hydrogens is 268 g/mol. The zero-order valence-electron chi connectivity index (χ0n) is 11.8. The van der Waals surface area contributed by atoms with Crippen LogP contribution in [-0.4, -0.2) is 21.1 Å². The van der Waals surface area contributed by atoms with E-state index in [1.807, 2.05) is 13.8 Å². The van der Waals surface area contributed by atoms with Crippen LogP contribution in [0.4, 0.5) is 0 Å². The van der Waals surface area contributed by atoms with Crippen LogP contribution in [0.5, 0.6) is 17.2 Å². The van der Waals surface area contributed by atoms with E-state index in [0.29, 0.717) is 5.56 Å². The van der Waals surface area contributed by atoms with Crippen molar-refractivity contribution in [1.29, 1.82) is 0 Å². The molecule has 21 heavy (non-hydrogen) atoms. The lowest BCUT2D eigenvalue weighted by Gasteiger charge is -2.10. The predicted octanol–water partition coefficient (Wildman–Crippen LogP) is 3.32. The summed E-state index contributed by atoms with van der Waals surface area (Å²) in [5.41, 5.74) is 2.45. The molecule has 0 aliphatic heterocycles. The highest BCUT2D eigenvalue weighted by atomic mass is 16.3. The Labute approximate surface area is 122 Å². The number of allylic oxidation sites excluding steroid dienone is 1. The van der Waals surface area contributed by atoms with Crippen LogP contribution in [0.3, 0.4) is 0 Å². The molecule has 2 aromatic rings. The SMILES string of the molecule is C=C(C(=O)c1cc(C)c(C)cc1O)c1ccc(O)c(O)c1. The van der Waals surface area contributed by atoms with Gasteiger partial charge in [-0.05, 0) is 54.8 Å². The van der Waals surface area contributed by atoms with Gasteiger partial charge >= 0.3 is 0 Å². The van der Waals surface area contributed by atoms with E-state index in [9.17, 15) is 20.1 Å². The highest BCUT2D eigenvalue weighted by Crippen LogP contribution is 2.31. The Morgan fingerprint density at radius 2 is 1.52 bits per heavy atom. The molecule has 0 saturated carbocycles. The van der Waals surface area contributed by atoms with E-state index in [-0.39, 0.29) is 28.4 Å². The minimum atomic E-state index is -0.430. The Balaban J connectivity index is 2.42. The minimum Gasteiger partial charge on any atom is -0.507 e. The molecule has 0 aromatic heterocycles. The number of hydrogen-bond acceptors (Lipinski definition) is 4. The fraction of sp³-hybridized carbons (Fsp3) is 0.118. The second kappa shape index (κ2) is 5.32. The van der Waals surface area contributed by atoms with E-state index in [1.54, 1.807) is 6.07 Å². The number of aromatic hydroxyl groups is 3. The van der Waals surface area contributed by atoms with Gasteiger partial charge in [0.2, 0.25) is 0 Å². The number of phenols is 3. The Morgan fingerprint density at radius 1 is 0.905 bits per heavy atom. The molecule has 2 rings (SSSR count). The number of Topliss-reactive ketones (excluding diaryl/α,β-unsaturated/α-hetero) is 1. The number of carbonyl (C=O) groups excluding carboxylic acids is 1. The molecule has 0 heterocycles.